The van der Waals surface area contributed by atoms with Crippen LogP contribution in [0.15, 0.2) is 6.07 Å². The number of hydrogen-bond acceptors (Lipinski definition) is 4. The number of rotatable bonds is 2. The first-order valence-corrected chi connectivity index (χ1v) is 8.96. The number of nitrogens with zero attached hydrogens (tertiary/aromatic N) is 3. The molecule has 1 amide bonds. The number of morpholine rings is 1. The molecule has 5 nitrogen and oxygen atoms in total. The van der Waals surface area contributed by atoms with Crippen LogP contribution in [0, 0.1) is 5.92 Å². The number of amides is 1. The highest BCUT2D eigenvalue weighted by atomic mass is 19.4. The van der Waals surface area contributed by atoms with Crippen LogP contribution < -0.4 is 4.90 Å². The largest absolute Gasteiger partial charge is 0.391 e. The molecule has 0 spiro atoms. The van der Waals surface area contributed by atoms with Gasteiger partial charge in [0.15, 0.2) is 0 Å². The molecular weight excluding hydrogens is 347 g/mol. The van der Waals surface area contributed by atoms with E-state index in [0.717, 1.165) is 5.56 Å². The minimum atomic E-state index is -4.15. The predicted molar refractivity (Wildman–Crippen MR) is 89.2 cm³/mol. The van der Waals surface area contributed by atoms with E-state index in [1.807, 2.05) is 6.92 Å². The van der Waals surface area contributed by atoms with Crippen molar-refractivity contribution in [3.05, 3.63) is 22.9 Å². The Morgan fingerprint density at radius 3 is 2.69 bits per heavy atom. The summed E-state index contributed by atoms with van der Waals surface area (Å²) in [6.07, 6.45) is -3.98. The number of pyridine rings is 1. The van der Waals surface area contributed by atoms with Gasteiger partial charge >= 0.3 is 6.18 Å². The monoisotopic (exact) mass is 369 g/mol. The number of halogens is 3. The van der Waals surface area contributed by atoms with Gasteiger partial charge in [-0.3, -0.25) is 4.79 Å². The van der Waals surface area contributed by atoms with Gasteiger partial charge in [-0.1, -0.05) is 0 Å². The Hall–Kier alpha value is -1.83. The maximum atomic E-state index is 12.9. The van der Waals surface area contributed by atoms with E-state index in [1.54, 1.807) is 18.0 Å². The Balaban J connectivity index is 1.67. The van der Waals surface area contributed by atoms with Gasteiger partial charge in [-0.05, 0) is 25.8 Å². The number of carbonyl (C=O) groups is 1. The molecule has 0 unspecified atom stereocenters. The third-order valence-electron chi connectivity index (χ3n) is 5.67. The molecule has 1 aromatic rings. The van der Waals surface area contributed by atoms with Gasteiger partial charge in [0.25, 0.3) is 5.91 Å². The molecular formula is C18H22F3N3O2. The first kappa shape index (κ1) is 17.6. The fourth-order valence-electron chi connectivity index (χ4n) is 4.08. The smallest absolute Gasteiger partial charge is 0.375 e. The van der Waals surface area contributed by atoms with Gasteiger partial charge in [0.05, 0.1) is 29.9 Å². The highest BCUT2D eigenvalue weighted by molar-refractivity contribution is 5.99. The van der Waals surface area contributed by atoms with Crippen molar-refractivity contribution >= 4 is 11.7 Å². The molecule has 0 bridgehead atoms. The average Bonchev–Trinajstić information content (AvgIpc) is 2.80. The van der Waals surface area contributed by atoms with Crippen molar-refractivity contribution < 1.29 is 22.7 Å². The first-order valence-electron chi connectivity index (χ1n) is 8.96. The molecule has 1 saturated heterocycles. The second-order valence-electron chi connectivity index (χ2n) is 7.59. The molecule has 8 heteroatoms. The molecule has 1 aromatic heterocycles. The highest BCUT2D eigenvalue weighted by Gasteiger charge is 2.49. The van der Waals surface area contributed by atoms with Crippen LogP contribution in [0.1, 0.15) is 47.3 Å². The van der Waals surface area contributed by atoms with Gasteiger partial charge in [-0.2, -0.15) is 13.2 Å². The standard InChI is InChI=1S/C18H22F3N3O2/c1-10-8-24(3-4-26-10)15-7-13-14(9-23(2)17(13)25)16(22-15)11-5-12(6-11)18(19,20)21/h7,10-12H,3-6,8-9H2,1-2H3/t10-,11?,12?/m0/s1. The Bertz CT molecular complexity index is 731. The van der Waals surface area contributed by atoms with E-state index in [1.165, 1.54) is 0 Å². The number of carbonyl (C=O) groups excluding carboxylic acids is 1. The number of fused-ring (bicyclic) bond motifs is 1. The van der Waals surface area contributed by atoms with E-state index in [2.05, 4.69) is 4.90 Å². The molecule has 142 valence electrons. The van der Waals surface area contributed by atoms with Crippen LogP contribution in [0.25, 0.3) is 0 Å². The number of anilines is 1. The summed E-state index contributed by atoms with van der Waals surface area (Å²) in [5.74, 6) is -0.897. The summed E-state index contributed by atoms with van der Waals surface area (Å²) in [6.45, 7) is 4.28. The van der Waals surface area contributed by atoms with Crippen molar-refractivity contribution in [2.45, 2.75) is 44.5 Å². The average molecular weight is 369 g/mol. The van der Waals surface area contributed by atoms with Gasteiger partial charge < -0.3 is 14.5 Å². The molecule has 2 aliphatic heterocycles. The van der Waals surface area contributed by atoms with E-state index < -0.39 is 12.1 Å². The van der Waals surface area contributed by atoms with Crippen LogP contribution in [0.5, 0.6) is 0 Å². The molecule has 1 aliphatic carbocycles. The van der Waals surface area contributed by atoms with Crippen LogP contribution in [0.2, 0.25) is 0 Å². The number of aromatic nitrogens is 1. The van der Waals surface area contributed by atoms with E-state index in [9.17, 15) is 18.0 Å². The molecule has 1 saturated carbocycles. The Labute approximate surface area is 150 Å². The third-order valence-corrected chi connectivity index (χ3v) is 5.67. The SMILES string of the molecule is C[C@H]1CN(c2cc3c(c(C4CC(C(F)(F)F)C4)n2)CN(C)C3=O)CCO1. The second-order valence-corrected chi connectivity index (χ2v) is 7.59. The molecule has 3 aliphatic rings. The van der Waals surface area contributed by atoms with Crippen molar-refractivity contribution in [3.8, 4) is 0 Å². The zero-order chi connectivity index (χ0) is 18.6. The fourth-order valence-corrected chi connectivity index (χ4v) is 4.08. The van der Waals surface area contributed by atoms with Gasteiger partial charge in [0.1, 0.15) is 5.82 Å². The summed E-state index contributed by atoms with van der Waals surface area (Å²) in [7, 11) is 1.71. The van der Waals surface area contributed by atoms with Gasteiger partial charge in [0.2, 0.25) is 0 Å². The predicted octanol–water partition coefficient (Wildman–Crippen LogP) is 2.95. The van der Waals surface area contributed by atoms with Gasteiger partial charge in [-0.15, -0.1) is 0 Å². The maximum absolute atomic E-state index is 12.9. The van der Waals surface area contributed by atoms with Crippen molar-refractivity contribution in [1.29, 1.82) is 0 Å². The van der Waals surface area contributed by atoms with Crippen LogP contribution in [0.3, 0.4) is 0 Å². The molecule has 1 atom stereocenters. The summed E-state index contributed by atoms with van der Waals surface area (Å²) in [6, 6.07) is 1.79. The minimum Gasteiger partial charge on any atom is -0.375 e. The second kappa shape index (κ2) is 6.11. The van der Waals surface area contributed by atoms with Crippen LogP contribution in [-0.2, 0) is 11.3 Å². The lowest BCUT2D eigenvalue weighted by molar-refractivity contribution is -0.197. The van der Waals surface area contributed by atoms with Crippen LogP contribution >= 0.6 is 0 Å². The summed E-state index contributed by atoms with van der Waals surface area (Å²) in [5.41, 5.74) is 2.06. The van der Waals surface area contributed by atoms with E-state index in [4.69, 9.17) is 9.72 Å². The Kier molecular flexibility index (Phi) is 4.13. The van der Waals surface area contributed by atoms with E-state index in [-0.39, 0.29) is 30.8 Å². The molecule has 2 fully saturated rings. The Morgan fingerprint density at radius 1 is 1.31 bits per heavy atom. The molecule has 3 heterocycles. The topological polar surface area (TPSA) is 45.7 Å². The number of alkyl halides is 3. The fraction of sp³-hybridized carbons (Fsp3) is 0.667. The molecule has 0 radical (unpaired) electrons. The lowest BCUT2D eigenvalue weighted by Gasteiger charge is -2.38. The normalized spacial score (nSPS) is 29.0. The van der Waals surface area contributed by atoms with Crippen LogP contribution in [0.4, 0.5) is 19.0 Å². The summed E-state index contributed by atoms with van der Waals surface area (Å²) >= 11 is 0. The zero-order valence-electron chi connectivity index (χ0n) is 14.8. The highest BCUT2D eigenvalue weighted by Crippen LogP contribution is 2.50. The molecule has 4 rings (SSSR count). The van der Waals surface area contributed by atoms with Gasteiger partial charge in [-0.25, -0.2) is 4.98 Å². The Morgan fingerprint density at radius 2 is 2.04 bits per heavy atom. The van der Waals surface area contributed by atoms with E-state index in [0.29, 0.717) is 43.3 Å². The lowest BCUT2D eigenvalue weighted by atomic mass is 9.71. The van der Waals surface area contributed by atoms with Gasteiger partial charge in [0, 0.05) is 38.2 Å². The van der Waals surface area contributed by atoms with Crippen molar-refractivity contribution in [3.63, 3.8) is 0 Å². The molecule has 0 aromatic carbocycles. The van der Waals surface area contributed by atoms with E-state index >= 15 is 0 Å². The quantitative estimate of drug-likeness (QED) is 0.804. The van der Waals surface area contributed by atoms with Crippen molar-refractivity contribution in [1.82, 2.24) is 9.88 Å². The summed E-state index contributed by atoms with van der Waals surface area (Å²) in [4.78, 5) is 20.9. The first-order chi connectivity index (χ1) is 12.2. The summed E-state index contributed by atoms with van der Waals surface area (Å²) < 4.78 is 44.2. The molecule has 26 heavy (non-hydrogen) atoms. The van der Waals surface area contributed by atoms with Crippen molar-refractivity contribution in [2.24, 2.45) is 5.92 Å². The minimum absolute atomic E-state index is 0.0546. The zero-order valence-corrected chi connectivity index (χ0v) is 14.8. The maximum Gasteiger partial charge on any atom is 0.391 e. The number of ether oxygens (including phenoxy) is 1. The summed E-state index contributed by atoms with van der Waals surface area (Å²) in [5, 5.41) is 0. The number of hydrogen-bond donors (Lipinski definition) is 0. The van der Waals surface area contributed by atoms with Crippen LogP contribution in [-0.4, -0.2) is 54.8 Å². The molecule has 0 N–H and O–H groups in total. The van der Waals surface area contributed by atoms with Crippen molar-refractivity contribution in [2.75, 3.05) is 31.6 Å². The lowest BCUT2D eigenvalue weighted by Crippen LogP contribution is -2.42. The third kappa shape index (κ3) is 2.94.